The number of carbonyl (C=O) groups excluding carboxylic acids is 1. The zero-order chi connectivity index (χ0) is 9.19. The van der Waals surface area contributed by atoms with E-state index in [-0.39, 0.29) is 0 Å². The lowest BCUT2D eigenvalue weighted by molar-refractivity contribution is -0.108. The smallest absolute Gasteiger partial charge is 0.120 e. The Morgan fingerprint density at radius 3 is 2.58 bits per heavy atom. The first-order valence-electron chi connectivity index (χ1n) is 4.70. The third-order valence-corrected chi connectivity index (χ3v) is 2.97. The minimum Gasteiger partial charge on any atom is -0.390 e. The summed E-state index contributed by atoms with van der Waals surface area (Å²) in [5, 5.41) is 9.72. The molecule has 0 aliphatic heterocycles. The molecular formula is C10H18O2. The molecule has 1 N–H and O–H groups in total. The fourth-order valence-electron chi connectivity index (χ4n) is 2.07. The number of hydrogen-bond acceptors (Lipinski definition) is 2. The monoisotopic (exact) mass is 170 g/mol. The molecule has 0 bridgehead atoms. The Hall–Kier alpha value is -0.370. The van der Waals surface area contributed by atoms with E-state index in [1.54, 1.807) is 0 Å². The van der Waals surface area contributed by atoms with Gasteiger partial charge in [-0.3, -0.25) is 0 Å². The van der Waals surface area contributed by atoms with Crippen LogP contribution in [0.5, 0.6) is 0 Å². The molecule has 0 radical (unpaired) electrons. The van der Waals surface area contributed by atoms with E-state index in [0.29, 0.717) is 18.3 Å². The molecule has 70 valence electrons. The maximum Gasteiger partial charge on any atom is 0.120 e. The van der Waals surface area contributed by atoms with Gasteiger partial charge >= 0.3 is 0 Å². The number of hydrogen-bond donors (Lipinski definition) is 1. The van der Waals surface area contributed by atoms with E-state index in [1.165, 1.54) is 0 Å². The normalized spacial score (nSPS) is 30.6. The van der Waals surface area contributed by atoms with Crippen molar-refractivity contribution in [3.63, 3.8) is 0 Å². The minimum absolute atomic E-state index is 0.391. The van der Waals surface area contributed by atoms with Crippen molar-refractivity contribution in [3.05, 3.63) is 0 Å². The maximum absolute atomic E-state index is 10.3. The van der Waals surface area contributed by atoms with Gasteiger partial charge in [-0.05, 0) is 44.9 Å². The van der Waals surface area contributed by atoms with Gasteiger partial charge in [0.1, 0.15) is 6.29 Å². The van der Waals surface area contributed by atoms with Crippen LogP contribution in [-0.4, -0.2) is 17.0 Å². The Balaban J connectivity index is 2.40. The van der Waals surface area contributed by atoms with Crippen molar-refractivity contribution in [2.24, 2.45) is 11.8 Å². The predicted octanol–water partition coefficient (Wildman–Crippen LogP) is 1.76. The fourth-order valence-corrected chi connectivity index (χ4v) is 2.07. The third-order valence-electron chi connectivity index (χ3n) is 2.97. The first kappa shape index (κ1) is 9.72. The first-order valence-corrected chi connectivity index (χ1v) is 4.70. The van der Waals surface area contributed by atoms with E-state index in [1.807, 2.05) is 13.8 Å². The molecule has 1 rings (SSSR count). The van der Waals surface area contributed by atoms with Crippen molar-refractivity contribution in [1.82, 2.24) is 0 Å². The molecule has 2 nitrogen and oxygen atoms in total. The molecule has 12 heavy (non-hydrogen) atoms. The number of aliphatic hydroxyl groups is 1. The second kappa shape index (κ2) is 3.56. The molecule has 2 atom stereocenters. The van der Waals surface area contributed by atoms with Crippen molar-refractivity contribution in [3.8, 4) is 0 Å². The van der Waals surface area contributed by atoms with Crippen LogP contribution in [0, 0.1) is 11.8 Å². The van der Waals surface area contributed by atoms with Crippen LogP contribution in [0.25, 0.3) is 0 Å². The maximum atomic E-state index is 10.3. The summed E-state index contributed by atoms with van der Waals surface area (Å²) in [7, 11) is 0. The van der Waals surface area contributed by atoms with Gasteiger partial charge in [-0.25, -0.2) is 0 Å². The van der Waals surface area contributed by atoms with E-state index < -0.39 is 5.60 Å². The molecule has 1 saturated carbocycles. The first-order chi connectivity index (χ1) is 5.54. The summed E-state index contributed by atoms with van der Waals surface area (Å²) in [5.74, 6) is 0.918. The molecule has 2 heteroatoms. The van der Waals surface area contributed by atoms with Gasteiger partial charge in [-0.15, -0.1) is 0 Å². The largest absolute Gasteiger partial charge is 0.390 e. The average molecular weight is 170 g/mol. The molecule has 0 aromatic heterocycles. The molecule has 0 saturated heterocycles. The number of aldehydes is 1. The van der Waals surface area contributed by atoms with E-state index in [2.05, 4.69) is 0 Å². The van der Waals surface area contributed by atoms with Crippen molar-refractivity contribution in [1.29, 1.82) is 0 Å². The quantitative estimate of drug-likeness (QED) is 0.655. The Labute approximate surface area is 74.0 Å². The number of carbonyl (C=O) groups is 1. The van der Waals surface area contributed by atoms with Crippen molar-refractivity contribution in [2.45, 2.75) is 45.1 Å². The summed E-state index contributed by atoms with van der Waals surface area (Å²) in [6, 6.07) is 0. The van der Waals surface area contributed by atoms with Gasteiger partial charge in [0.2, 0.25) is 0 Å². The molecule has 1 aliphatic carbocycles. The average Bonchev–Trinajstić information content (AvgIpc) is 2.35. The Morgan fingerprint density at radius 1 is 1.50 bits per heavy atom. The topological polar surface area (TPSA) is 37.3 Å². The predicted molar refractivity (Wildman–Crippen MR) is 47.8 cm³/mol. The fraction of sp³-hybridized carbons (Fsp3) is 0.900. The highest BCUT2D eigenvalue weighted by atomic mass is 16.3. The highest BCUT2D eigenvalue weighted by Crippen LogP contribution is 2.38. The van der Waals surface area contributed by atoms with Crippen LogP contribution in [0.2, 0.25) is 0 Å². The van der Waals surface area contributed by atoms with Gasteiger partial charge in [-0.2, -0.15) is 0 Å². The molecule has 0 heterocycles. The highest BCUT2D eigenvalue weighted by molar-refractivity contribution is 5.49. The van der Waals surface area contributed by atoms with Gasteiger partial charge in [0, 0.05) is 6.42 Å². The van der Waals surface area contributed by atoms with Crippen LogP contribution in [0.1, 0.15) is 39.5 Å². The lowest BCUT2D eigenvalue weighted by Gasteiger charge is -2.25. The third kappa shape index (κ3) is 2.31. The molecule has 0 aromatic rings. The van der Waals surface area contributed by atoms with Crippen LogP contribution in [-0.2, 0) is 4.79 Å². The second-order valence-electron chi connectivity index (χ2n) is 4.43. The molecule has 0 spiro atoms. The molecular weight excluding hydrogens is 152 g/mol. The molecule has 0 amide bonds. The van der Waals surface area contributed by atoms with Crippen LogP contribution >= 0.6 is 0 Å². The van der Waals surface area contributed by atoms with Crippen LogP contribution in [0.15, 0.2) is 0 Å². The van der Waals surface area contributed by atoms with Gasteiger partial charge in [0.25, 0.3) is 0 Å². The summed E-state index contributed by atoms with van der Waals surface area (Å²) in [5.41, 5.74) is -0.558. The van der Waals surface area contributed by atoms with Gasteiger partial charge in [0.15, 0.2) is 0 Å². The lowest BCUT2D eigenvalue weighted by atomic mass is 9.88. The Morgan fingerprint density at radius 2 is 2.17 bits per heavy atom. The standard InChI is InChI=1S/C10H18O2/c1-10(2,12)9-4-3-8(7-9)5-6-11/h6,8-9,12H,3-5,7H2,1-2H3. The van der Waals surface area contributed by atoms with Crippen LogP contribution in [0.3, 0.4) is 0 Å². The van der Waals surface area contributed by atoms with E-state index in [9.17, 15) is 9.90 Å². The SMILES string of the molecule is CC(C)(O)C1CCC(CC=O)C1. The zero-order valence-electron chi connectivity index (χ0n) is 7.92. The van der Waals surface area contributed by atoms with Crippen molar-refractivity contribution in [2.75, 3.05) is 0 Å². The van der Waals surface area contributed by atoms with E-state index in [4.69, 9.17) is 0 Å². The van der Waals surface area contributed by atoms with Crippen LogP contribution in [0.4, 0.5) is 0 Å². The Kier molecular flexibility index (Phi) is 2.89. The summed E-state index contributed by atoms with van der Waals surface area (Å²) in [4.78, 5) is 10.3. The second-order valence-corrected chi connectivity index (χ2v) is 4.43. The number of rotatable bonds is 3. The summed E-state index contributed by atoms with van der Waals surface area (Å²) in [6.45, 7) is 3.72. The summed E-state index contributed by atoms with van der Waals surface area (Å²) >= 11 is 0. The molecule has 1 aliphatic rings. The lowest BCUT2D eigenvalue weighted by Crippen LogP contribution is -2.28. The van der Waals surface area contributed by atoms with E-state index >= 15 is 0 Å². The molecule has 2 unspecified atom stereocenters. The summed E-state index contributed by atoms with van der Waals surface area (Å²) in [6.07, 6.45) is 4.86. The van der Waals surface area contributed by atoms with Gasteiger partial charge in [0.05, 0.1) is 5.60 Å². The van der Waals surface area contributed by atoms with Gasteiger partial charge in [-0.1, -0.05) is 0 Å². The van der Waals surface area contributed by atoms with Crippen molar-refractivity contribution >= 4 is 6.29 Å². The van der Waals surface area contributed by atoms with Crippen LogP contribution < -0.4 is 0 Å². The highest BCUT2D eigenvalue weighted by Gasteiger charge is 2.33. The molecule has 0 aromatic carbocycles. The zero-order valence-corrected chi connectivity index (χ0v) is 7.92. The van der Waals surface area contributed by atoms with E-state index in [0.717, 1.165) is 25.5 Å². The summed E-state index contributed by atoms with van der Waals surface area (Å²) < 4.78 is 0. The van der Waals surface area contributed by atoms with Crippen molar-refractivity contribution < 1.29 is 9.90 Å². The van der Waals surface area contributed by atoms with Gasteiger partial charge < -0.3 is 9.90 Å². The minimum atomic E-state index is -0.558. The molecule has 1 fully saturated rings. The Bertz CT molecular complexity index is 158.